The molecule has 1 unspecified atom stereocenters. The topological polar surface area (TPSA) is 199 Å². The Balaban J connectivity index is 3.44. The molecule has 1 heterocycles. The number of rotatable bonds is 23. The van der Waals surface area contributed by atoms with Crippen molar-refractivity contribution in [1.29, 1.82) is 0 Å². The van der Waals surface area contributed by atoms with Gasteiger partial charge in [0.1, 0.15) is 23.1 Å². The normalized spacial score (nSPS) is 17.4. The van der Waals surface area contributed by atoms with E-state index >= 15 is 0 Å². The fraction of sp³-hybridized carbons (Fsp3) is 0.684. The van der Waals surface area contributed by atoms with Crippen LogP contribution in [0, 0.1) is 0 Å². The zero-order valence-corrected chi connectivity index (χ0v) is 36.2. The van der Waals surface area contributed by atoms with Gasteiger partial charge in [-0.2, -0.15) is 0 Å². The third-order valence-corrected chi connectivity index (χ3v) is 13.2. The first-order chi connectivity index (χ1) is 26.8. The quantitative estimate of drug-likeness (QED) is 0.122. The highest BCUT2D eigenvalue weighted by Gasteiger charge is 2.32. The molecule has 1 rings (SSSR count). The van der Waals surface area contributed by atoms with Gasteiger partial charge >= 0.3 is 0 Å². The zero-order chi connectivity index (χ0) is 41.8. The van der Waals surface area contributed by atoms with Crippen LogP contribution in [0.2, 0.25) is 0 Å². The van der Waals surface area contributed by atoms with Gasteiger partial charge in [0, 0.05) is 141 Å². The fourth-order valence-electron chi connectivity index (χ4n) is 5.26. The molecule has 0 aromatic heterocycles. The van der Waals surface area contributed by atoms with Crippen molar-refractivity contribution in [2.75, 3.05) is 64.0 Å². The smallest absolute Gasteiger partial charge is 0.281 e. The molecule has 0 radical (unpaired) electrons. The van der Waals surface area contributed by atoms with Gasteiger partial charge in [-0.3, -0.25) is 42.9 Å². The summed E-state index contributed by atoms with van der Waals surface area (Å²) in [6.07, 6.45) is 4.85. The summed E-state index contributed by atoms with van der Waals surface area (Å²) in [5, 5.41) is 12.8. The van der Waals surface area contributed by atoms with Crippen LogP contribution >= 0.6 is 31.1 Å². The summed E-state index contributed by atoms with van der Waals surface area (Å²) in [5.74, 6) is -1.28. The first-order valence-corrected chi connectivity index (χ1v) is 23.4. The van der Waals surface area contributed by atoms with Crippen LogP contribution in [-0.2, 0) is 42.9 Å². The van der Waals surface area contributed by atoms with Gasteiger partial charge < -0.3 is 15.1 Å². The molecule has 1 aliphatic rings. The number of amides is 3. The minimum Gasteiger partial charge on any atom is -0.351 e. The van der Waals surface area contributed by atoms with Crippen LogP contribution in [0.1, 0.15) is 105 Å². The number of nitrogens with one attached hydrogen (secondary N) is 3. The Morgan fingerprint density at radius 3 is 1.48 bits per heavy atom. The van der Waals surface area contributed by atoms with Crippen molar-refractivity contribution in [3.8, 4) is 0 Å². The van der Waals surface area contributed by atoms with E-state index in [2.05, 4.69) is 15.5 Å². The minimum atomic E-state index is -3.82. The zero-order valence-electron chi connectivity index (χ0n) is 33.6. The third kappa shape index (κ3) is 22.7. The maximum atomic E-state index is 14.9. The highest BCUT2D eigenvalue weighted by atomic mass is 32.2. The van der Waals surface area contributed by atoms with Gasteiger partial charge in [0.2, 0.25) is 17.7 Å². The van der Waals surface area contributed by atoms with Crippen molar-refractivity contribution in [1.82, 2.24) is 30.0 Å². The van der Waals surface area contributed by atoms with Gasteiger partial charge in [0.15, 0.2) is 5.78 Å². The van der Waals surface area contributed by atoms with E-state index in [1.54, 1.807) is 38.5 Å². The molecule has 3 N–H and O–H groups in total. The van der Waals surface area contributed by atoms with Crippen LogP contribution < -0.4 is 15.5 Å². The number of hydrogen-bond donors (Lipinski definition) is 3. The van der Waals surface area contributed by atoms with Gasteiger partial charge in [0.05, 0.1) is 0 Å². The van der Waals surface area contributed by atoms with E-state index in [1.807, 2.05) is 0 Å². The van der Waals surface area contributed by atoms with E-state index in [0.29, 0.717) is 37.2 Å². The molecule has 56 heavy (non-hydrogen) atoms. The lowest BCUT2D eigenvalue weighted by Gasteiger charge is -2.34. The first kappa shape index (κ1) is 51.1. The summed E-state index contributed by atoms with van der Waals surface area (Å²) in [6, 6.07) is 0. The van der Waals surface area contributed by atoms with Crippen LogP contribution in [0.5, 0.6) is 0 Å². The van der Waals surface area contributed by atoms with E-state index in [-0.39, 0.29) is 150 Å². The summed E-state index contributed by atoms with van der Waals surface area (Å²) in [6.45, 7) is 7.61. The van der Waals surface area contributed by atoms with Gasteiger partial charge in [-0.15, -0.1) is 23.5 Å². The molecular weight excluding hydrogens is 780 g/mol. The third-order valence-electron chi connectivity index (χ3n) is 8.97. The molecule has 0 aromatic carbocycles. The number of carbonyl (C=O) groups is 8. The molecule has 0 fully saturated rings. The number of nitrogens with zero attached hydrogens (tertiary/aromatic N) is 3. The molecule has 1 atom stereocenters. The maximum Gasteiger partial charge on any atom is 0.281 e. The number of hydrogen-bond acceptors (Lipinski definition) is 11. The Hall–Kier alpha value is -2.95. The minimum absolute atomic E-state index is 0.0280. The van der Waals surface area contributed by atoms with Gasteiger partial charge in [-0.05, 0) is 23.3 Å². The molecule has 15 nitrogen and oxygen atoms in total. The van der Waals surface area contributed by atoms with Crippen LogP contribution in [0.4, 0.5) is 0 Å². The molecule has 0 aromatic rings. The summed E-state index contributed by atoms with van der Waals surface area (Å²) in [5.41, 5.74) is 0. The van der Waals surface area contributed by atoms with Crippen LogP contribution in [0.15, 0.2) is 23.0 Å². The van der Waals surface area contributed by atoms with Crippen molar-refractivity contribution in [2.24, 2.45) is 0 Å². The molecular formula is C38H63N6O9PS2. The standard InChI is InChI=1S/C38H63N6O9PS2/c1-5-31(45)11-22-42(23-12-32(46)6-2)37(51)15-26-44(27-16-38(52)43(24-13-33(47)7-3)25-14-34(48)8-4)54(53)40-19-9-10-35(49)17-28-55-30-56-29-18-36(50)39-20-21-41-54/h17-18,28-29H,5-16,19-27,30H2,1-4H3,(H,39,50)(H2,40,41,53). The van der Waals surface area contributed by atoms with Crippen LogP contribution in [0.3, 0.4) is 0 Å². The van der Waals surface area contributed by atoms with Crippen molar-refractivity contribution in [3.05, 3.63) is 23.0 Å². The Bertz CT molecular complexity index is 1290. The largest absolute Gasteiger partial charge is 0.351 e. The summed E-state index contributed by atoms with van der Waals surface area (Å²) in [4.78, 5) is 104. The molecule has 0 aliphatic carbocycles. The average molecular weight is 843 g/mol. The molecule has 0 bridgehead atoms. The molecule has 0 saturated carbocycles. The number of carbonyl (C=O) groups excluding carboxylic acids is 8. The van der Waals surface area contributed by atoms with Crippen LogP contribution in [0.25, 0.3) is 0 Å². The van der Waals surface area contributed by atoms with E-state index in [9.17, 15) is 42.9 Å². The Labute approximate surface area is 341 Å². The summed E-state index contributed by atoms with van der Waals surface area (Å²) in [7, 11) is -3.82. The van der Waals surface area contributed by atoms with E-state index < -0.39 is 7.59 Å². The summed E-state index contributed by atoms with van der Waals surface area (Å²) >= 11 is 2.82. The van der Waals surface area contributed by atoms with E-state index in [4.69, 9.17) is 0 Å². The number of Topliss-reactive ketones (excluding diaryl/α,β-unsaturated/α-hetero) is 4. The second kappa shape index (κ2) is 30.2. The molecule has 1 aliphatic heterocycles. The predicted octanol–water partition coefficient (Wildman–Crippen LogP) is 4.42. The monoisotopic (exact) mass is 842 g/mol. The molecule has 18 heteroatoms. The lowest BCUT2D eigenvalue weighted by atomic mass is 10.1. The van der Waals surface area contributed by atoms with Crippen LogP contribution in [-0.4, -0.2) is 125 Å². The predicted molar refractivity (Wildman–Crippen MR) is 223 cm³/mol. The van der Waals surface area contributed by atoms with Crippen molar-refractivity contribution < 1.29 is 42.9 Å². The second-order valence-electron chi connectivity index (χ2n) is 13.1. The molecule has 0 spiro atoms. The maximum absolute atomic E-state index is 14.9. The number of thioether (sulfide) groups is 2. The molecule has 316 valence electrons. The Morgan fingerprint density at radius 2 is 1.04 bits per heavy atom. The SMILES string of the molecule is CCC(=O)CCN(CCC(=O)CC)C(=O)CCN(CCC(=O)N(CCC(=O)CC)CCC(=O)CC)P1(=O)NCCCC(=O)C=CSCSC=CC(=O)NCCN1. The lowest BCUT2D eigenvalue weighted by Crippen LogP contribution is -2.43. The Kier molecular flexibility index (Phi) is 27.5. The van der Waals surface area contributed by atoms with Crippen molar-refractivity contribution >= 4 is 77.8 Å². The first-order valence-electron chi connectivity index (χ1n) is 19.6. The molecule has 0 saturated heterocycles. The number of ketones is 5. The highest BCUT2D eigenvalue weighted by Crippen LogP contribution is 2.41. The lowest BCUT2D eigenvalue weighted by molar-refractivity contribution is -0.133. The molecule has 3 amide bonds. The number of allylic oxidation sites excluding steroid dienone is 1. The van der Waals surface area contributed by atoms with Gasteiger partial charge in [0.25, 0.3) is 7.59 Å². The summed E-state index contributed by atoms with van der Waals surface area (Å²) < 4.78 is 16.4. The second-order valence-corrected chi connectivity index (χ2v) is 17.6. The van der Waals surface area contributed by atoms with Crippen molar-refractivity contribution in [3.63, 3.8) is 0 Å². The van der Waals surface area contributed by atoms with E-state index in [1.165, 1.54) is 50.1 Å². The fourth-order valence-corrected chi connectivity index (χ4v) is 8.83. The highest BCUT2D eigenvalue weighted by molar-refractivity contribution is 8.18. The Morgan fingerprint density at radius 1 is 0.607 bits per heavy atom. The average Bonchev–Trinajstić information content (AvgIpc) is 3.19. The van der Waals surface area contributed by atoms with E-state index in [0.717, 1.165) is 0 Å². The van der Waals surface area contributed by atoms with Gasteiger partial charge in [-0.25, -0.2) is 14.8 Å². The van der Waals surface area contributed by atoms with Gasteiger partial charge in [-0.1, -0.05) is 27.7 Å². The van der Waals surface area contributed by atoms with Crippen molar-refractivity contribution in [2.45, 2.75) is 105 Å².